The van der Waals surface area contributed by atoms with Crippen molar-refractivity contribution < 1.29 is 29.3 Å². The van der Waals surface area contributed by atoms with E-state index in [9.17, 15) is 14.7 Å². The number of ether oxygens (including phenoxy) is 2. The van der Waals surface area contributed by atoms with Crippen LogP contribution in [0.1, 0.15) is 12.0 Å². The van der Waals surface area contributed by atoms with Gasteiger partial charge in [-0.15, -0.1) is 0 Å². The van der Waals surface area contributed by atoms with Crippen LogP contribution in [0.5, 0.6) is 5.75 Å². The average Bonchev–Trinajstić information content (AvgIpc) is 2.85. The molecule has 3 rings (SSSR count). The molecule has 11 heteroatoms. The Morgan fingerprint density at radius 2 is 1.97 bits per heavy atom. The molecule has 2 amide bonds. The molecule has 0 spiro atoms. The third kappa shape index (κ3) is 7.33. The van der Waals surface area contributed by atoms with Gasteiger partial charge in [-0.25, -0.2) is 0 Å². The average molecular weight is 649 g/mol. The number of nitrogens with zero attached hydrogens (tertiary/aromatic N) is 1. The number of para-hydroxylation sites is 1. The van der Waals surface area contributed by atoms with Crippen LogP contribution in [-0.4, -0.2) is 72.0 Å². The predicted molar refractivity (Wildman–Crippen MR) is 145 cm³/mol. The zero-order valence-electron chi connectivity index (χ0n) is 19.5. The second-order valence-electron chi connectivity index (χ2n) is 8.14. The molecule has 3 unspecified atom stereocenters. The van der Waals surface area contributed by atoms with Crippen LogP contribution in [0.4, 0.5) is 0 Å². The van der Waals surface area contributed by atoms with Gasteiger partial charge in [0.25, 0.3) is 0 Å². The van der Waals surface area contributed by atoms with Crippen LogP contribution in [0.2, 0.25) is 10.0 Å². The van der Waals surface area contributed by atoms with E-state index in [2.05, 4.69) is 27.9 Å². The van der Waals surface area contributed by atoms with Crippen LogP contribution in [0, 0.1) is 3.57 Å². The van der Waals surface area contributed by atoms with E-state index in [1.807, 2.05) is 12.1 Å². The summed E-state index contributed by atoms with van der Waals surface area (Å²) in [5.41, 5.74) is 0.945. The number of aliphatic hydroxyl groups is 2. The number of aliphatic hydroxyl groups excluding tert-OH is 2. The van der Waals surface area contributed by atoms with Gasteiger partial charge in [-0.2, -0.15) is 0 Å². The first kappa shape index (κ1) is 28.7. The smallest absolute Gasteiger partial charge is 0.249 e. The number of hydrogen-bond acceptors (Lipinski definition) is 6. The molecule has 36 heavy (non-hydrogen) atoms. The standard InChI is InChI=1S/C25H27Cl2IN2O6/c1-35-14-23(32)30(13-15-6-7-17(26)12-18(15)27)20-10-16(25(34)29-8-9-31)11-22(24(20)33)36-21-5-3-2-4-19(21)28/h2-7,11-12,20,22,24,31,33H,8-10,13-14H2,1H3,(H,29,34). The molecule has 3 N–H and O–H groups in total. The van der Waals surface area contributed by atoms with Crippen molar-refractivity contribution in [2.75, 3.05) is 26.9 Å². The van der Waals surface area contributed by atoms with E-state index < -0.39 is 30.1 Å². The molecule has 0 heterocycles. The van der Waals surface area contributed by atoms with Gasteiger partial charge >= 0.3 is 0 Å². The normalized spacial score (nSPS) is 19.4. The van der Waals surface area contributed by atoms with Crippen LogP contribution in [-0.2, 0) is 20.9 Å². The van der Waals surface area contributed by atoms with Gasteiger partial charge in [0, 0.05) is 42.2 Å². The fourth-order valence-electron chi connectivity index (χ4n) is 3.90. The molecule has 3 atom stereocenters. The Hall–Kier alpha value is -1.89. The lowest BCUT2D eigenvalue weighted by atomic mass is 9.88. The predicted octanol–water partition coefficient (Wildman–Crippen LogP) is 3.19. The van der Waals surface area contributed by atoms with E-state index in [1.54, 1.807) is 36.4 Å². The van der Waals surface area contributed by atoms with E-state index in [4.69, 9.17) is 37.8 Å². The number of amides is 2. The van der Waals surface area contributed by atoms with Gasteiger partial charge in [0.2, 0.25) is 11.8 Å². The van der Waals surface area contributed by atoms with Gasteiger partial charge in [-0.05, 0) is 58.5 Å². The molecular weight excluding hydrogens is 622 g/mol. The van der Waals surface area contributed by atoms with E-state index in [0.29, 0.717) is 26.9 Å². The van der Waals surface area contributed by atoms with Crippen molar-refractivity contribution in [3.8, 4) is 5.75 Å². The molecule has 2 aromatic carbocycles. The van der Waals surface area contributed by atoms with Crippen LogP contribution in [0.15, 0.2) is 54.1 Å². The van der Waals surface area contributed by atoms with Crippen molar-refractivity contribution in [2.45, 2.75) is 31.2 Å². The molecule has 0 radical (unpaired) electrons. The maximum absolute atomic E-state index is 13.2. The number of carbonyl (C=O) groups excluding carboxylic acids is 2. The summed E-state index contributed by atoms with van der Waals surface area (Å²) in [6.07, 6.45) is -0.467. The van der Waals surface area contributed by atoms with Crippen LogP contribution in [0.25, 0.3) is 0 Å². The summed E-state index contributed by atoms with van der Waals surface area (Å²) in [5.74, 6) is -0.275. The highest BCUT2D eigenvalue weighted by Crippen LogP contribution is 2.31. The Kier molecular flexibility index (Phi) is 10.8. The Labute approximate surface area is 233 Å². The van der Waals surface area contributed by atoms with Crippen molar-refractivity contribution in [3.05, 3.63) is 73.3 Å². The molecule has 1 aliphatic rings. The fraction of sp³-hybridized carbons (Fsp3) is 0.360. The van der Waals surface area contributed by atoms with Gasteiger partial charge < -0.3 is 29.9 Å². The van der Waals surface area contributed by atoms with Gasteiger partial charge in [0.05, 0.1) is 16.2 Å². The second-order valence-corrected chi connectivity index (χ2v) is 10.1. The molecule has 194 valence electrons. The number of carbonyl (C=O) groups is 2. The summed E-state index contributed by atoms with van der Waals surface area (Å²) in [6.45, 7) is -0.327. The van der Waals surface area contributed by atoms with Crippen LogP contribution < -0.4 is 10.1 Å². The fourth-order valence-corrected chi connectivity index (χ4v) is 4.88. The lowest BCUT2D eigenvalue weighted by molar-refractivity contribution is -0.143. The maximum atomic E-state index is 13.2. The highest BCUT2D eigenvalue weighted by molar-refractivity contribution is 14.1. The number of rotatable bonds is 10. The highest BCUT2D eigenvalue weighted by atomic mass is 127. The summed E-state index contributed by atoms with van der Waals surface area (Å²) in [7, 11) is 1.40. The number of halogens is 3. The van der Waals surface area contributed by atoms with E-state index in [1.165, 1.54) is 12.0 Å². The summed E-state index contributed by atoms with van der Waals surface area (Å²) < 4.78 is 12.0. The largest absolute Gasteiger partial charge is 0.482 e. The van der Waals surface area contributed by atoms with Gasteiger partial charge in [0.15, 0.2) is 0 Å². The van der Waals surface area contributed by atoms with Crippen molar-refractivity contribution in [1.29, 1.82) is 0 Å². The molecular formula is C25H27Cl2IN2O6. The molecule has 0 saturated carbocycles. The van der Waals surface area contributed by atoms with Crippen LogP contribution in [0.3, 0.4) is 0 Å². The number of methoxy groups -OCH3 is 1. The van der Waals surface area contributed by atoms with Gasteiger partial charge in [0.1, 0.15) is 24.6 Å². The maximum Gasteiger partial charge on any atom is 0.249 e. The van der Waals surface area contributed by atoms with E-state index in [-0.39, 0.29) is 32.7 Å². The first-order valence-corrected chi connectivity index (χ1v) is 13.0. The van der Waals surface area contributed by atoms with Gasteiger partial charge in [-0.3, -0.25) is 9.59 Å². The van der Waals surface area contributed by atoms with Crippen molar-refractivity contribution >= 4 is 57.6 Å². The second kappa shape index (κ2) is 13.6. The van der Waals surface area contributed by atoms with Crippen molar-refractivity contribution in [3.63, 3.8) is 0 Å². The minimum absolute atomic E-state index is 0.0566. The minimum atomic E-state index is -1.16. The van der Waals surface area contributed by atoms with Gasteiger partial charge in [-0.1, -0.05) is 41.4 Å². The number of benzene rings is 2. The van der Waals surface area contributed by atoms with Crippen molar-refractivity contribution in [2.24, 2.45) is 0 Å². The molecule has 0 fully saturated rings. The summed E-state index contributed by atoms with van der Waals surface area (Å²) >= 11 is 14.5. The zero-order chi connectivity index (χ0) is 26.2. The Balaban J connectivity index is 1.99. The molecule has 2 aromatic rings. The third-order valence-corrected chi connectivity index (χ3v) is 7.14. The molecule has 0 aliphatic heterocycles. The summed E-state index contributed by atoms with van der Waals surface area (Å²) in [4.78, 5) is 27.5. The zero-order valence-corrected chi connectivity index (χ0v) is 23.2. The number of hydrogen-bond donors (Lipinski definition) is 3. The molecule has 8 nitrogen and oxygen atoms in total. The summed E-state index contributed by atoms with van der Waals surface area (Å²) in [5, 5.41) is 24.0. The molecule has 0 aromatic heterocycles. The molecule has 0 bridgehead atoms. The molecule has 1 aliphatic carbocycles. The SMILES string of the molecule is COCC(=O)N(Cc1ccc(Cl)cc1Cl)C1CC(C(=O)NCCO)=CC(Oc2ccccc2I)C1O. The number of nitrogens with one attached hydrogen (secondary N) is 1. The van der Waals surface area contributed by atoms with Crippen LogP contribution >= 0.6 is 45.8 Å². The van der Waals surface area contributed by atoms with E-state index in [0.717, 1.165) is 3.57 Å². The highest BCUT2D eigenvalue weighted by Gasteiger charge is 2.40. The Morgan fingerprint density at radius 3 is 2.64 bits per heavy atom. The van der Waals surface area contributed by atoms with Crippen molar-refractivity contribution in [1.82, 2.24) is 10.2 Å². The lowest BCUT2D eigenvalue weighted by Crippen LogP contribution is -2.55. The Morgan fingerprint density at radius 1 is 1.22 bits per heavy atom. The first-order chi connectivity index (χ1) is 17.2. The van der Waals surface area contributed by atoms with E-state index >= 15 is 0 Å². The lowest BCUT2D eigenvalue weighted by Gasteiger charge is -2.40. The first-order valence-electron chi connectivity index (χ1n) is 11.2. The monoisotopic (exact) mass is 648 g/mol. The minimum Gasteiger partial charge on any atom is -0.482 e. The topological polar surface area (TPSA) is 108 Å². The third-order valence-electron chi connectivity index (χ3n) is 5.66. The quantitative estimate of drug-likeness (QED) is 0.342. The molecule has 0 saturated heterocycles. The summed E-state index contributed by atoms with van der Waals surface area (Å²) in [6, 6.07) is 11.4. The Bertz CT molecular complexity index is 1120.